The van der Waals surface area contributed by atoms with Gasteiger partial charge in [0, 0.05) is 20.0 Å². The van der Waals surface area contributed by atoms with Gasteiger partial charge in [-0.1, -0.05) is 36.4 Å². The molecule has 3 amide bonds. The zero-order valence-corrected chi connectivity index (χ0v) is 20.4. The van der Waals surface area contributed by atoms with E-state index in [-0.39, 0.29) is 31.8 Å². The standard InChI is InChI=1S/C26H29N3O7/c1-17(30)28-20(13-19-9-10-22(34-2)23(14-19)35-3)26(33)29-12-11-27-25(32)21(29)15-24(31)36-16-18-7-5-4-6-8-18/h4-10,13-14,21H,11-12,15-16H2,1-3H3,(H,27,32)(H,28,30)/b20-13-. The van der Waals surface area contributed by atoms with Gasteiger partial charge in [0.1, 0.15) is 18.3 Å². The Balaban J connectivity index is 1.81. The molecule has 0 saturated carbocycles. The molecule has 1 aliphatic rings. The maximum Gasteiger partial charge on any atom is 0.308 e. The lowest BCUT2D eigenvalue weighted by Gasteiger charge is -2.35. The topological polar surface area (TPSA) is 123 Å². The number of piperazine rings is 1. The molecule has 1 unspecified atom stereocenters. The van der Waals surface area contributed by atoms with Gasteiger partial charge in [0.15, 0.2) is 11.5 Å². The van der Waals surface area contributed by atoms with Gasteiger partial charge in [-0.3, -0.25) is 19.2 Å². The molecule has 0 aromatic heterocycles. The second kappa shape index (κ2) is 12.4. The molecule has 10 heteroatoms. The minimum absolute atomic E-state index is 0.0490. The first-order valence-corrected chi connectivity index (χ1v) is 11.3. The van der Waals surface area contributed by atoms with Gasteiger partial charge in [-0.25, -0.2) is 0 Å². The van der Waals surface area contributed by atoms with E-state index in [2.05, 4.69) is 10.6 Å². The van der Waals surface area contributed by atoms with Crippen molar-refractivity contribution >= 4 is 29.8 Å². The fraction of sp³-hybridized carbons (Fsp3) is 0.308. The maximum absolute atomic E-state index is 13.5. The molecule has 2 aromatic rings. The number of carbonyl (C=O) groups is 4. The molecular formula is C26H29N3O7. The Hall–Kier alpha value is -4.34. The highest BCUT2D eigenvalue weighted by molar-refractivity contribution is 6.03. The fourth-order valence-electron chi connectivity index (χ4n) is 3.72. The van der Waals surface area contributed by atoms with Gasteiger partial charge < -0.3 is 29.7 Å². The van der Waals surface area contributed by atoms with Gasteiger partial charge in [-0.05, 0) is 29.3 Å². The molecule has 1 fully saturated rings. The third-order valence-corrected chi connectivity index (χ3v) is 5.45. The Labute approximate surface area is 209 Å². The van der Waals surface area contributed by atoms with Crippen LogP contribution in [0.5, 0.6) is 11.5 Å². The van der Waals surface area contributed by atoms with E-state index in [0.717, 1.165) is 5.56 Å². The van der Waals surface area contributed by atoms with Crippen LogP contribution in [0.4, 0.5) is 0 Å². The number of nitrogens with one attached hydrogen (secondary N) is 2. The largest absolute Gasteiger partial charge is 0.493 e. The normalized spacial score (nSPS) is 15.5. The lowest BCUT2D eigenvalue weighted by Crippen LogP contribution is -2.58. The summed E-state index contributed by atoms with van der Waals surface area (Å²) in [5.74, 6) is -1.21. The van der Waals surface area contributed by atoms with Crippen molar-refractivity contribution < 1.29 is 33.4 Å². The first-order chi connectivity index (χ1) is 17.3. The predicted molar refractivity (Wildman–Crippen MR) is 131 cm³/mol. The highest BCUT2D eigenvalue weighted by Gasteiger charge is 2.36. The van der Waals surface area contributed by atoms with Crippen LogP contribution in [0.2, 0.25) is 0 Å². The average molecular weight is 496 g/mol. The summed E-state index contributed by atoms with van der Waals surface area (Å²) in [6, 6.07) is 13.1. The molecule has 10 nitrogen and oxygen atoms in total. The molecular weight excluding hydrogens is 466 g/mol. The molecule has 0 radical (unpaired) electrons. The first kappa shape index (κ1) is 26.3. The van der Waals surface area contributed by atoms with E-state index in [1.54, 1.807) is 18.2 Å². The van der Waals surface area contributed by atoms with Crippen molar-refractivity contribution in [2.45, 2.75) is 26.0 Å². The lowest BCUT2D eigenvalue weighted by molar-refractivity contribution is -0.152. The second-order valence-electron chi connectivity index (χ2n) is 8.01. The van der Waals surface area contributed by atoms with E-state index in [9.17, 15) is 19.2 Å². The molecule has 2 aromatic carbocycles. The van der Waals surface area contributed by atoms with Crippen molar-refractivity contribution in [2.24, 2.45) is 0 Å². The van der Waals surface area contributed by atoms with Crippen molar-refractivity contribution in [1.29, 1.82) is 0 Å². The number of benzene rings is 2. The Bertz CT molecular complexity index is 1150. The van der Waals surface area contributed by atoms with E-state index < -0.39 is 29.7 Å². The molecule has 2 N–H and O–H groups in total. The summed E-state index contributed by atoms with van der Waals surface area (Å²) < 4.78 is 15.8. The maximum atomic E-state index is 13.5. The van der Waals surface area contributed by atoms with E-state index in [4.69, 9.17) is 14.2 Å². The Morgan fingerprint density at radius 2 is 1.81 bits per heavy atom. The van der Waals surface area contributed by atoms with Crippen LogP contribution < -0.4 is 20.1 Å². The molecule has 190 valence electrons. The van der Waals surface area contributed by atoms with Gasteiger partial charge in [-0.15, -0.1) is 0 Å². The number of nitrogens with zero attached hydrogens (tertiary/aromatic N) is 1. The van der Waals surface area contributed by atoms with Crippen LogP contribution in [0.15, 0.2) is 54.2 Å². The molecule has 1 saturated heterocycles. The molecule has 1 aliphatic heterocycles. The van der Waals surface area contributed by atoms with Gasteiger partial charge in [0.2, 0.25) is 11.8 Å². The number of carbonyl (C=O) groups excluding carboxylic acids is 4. The number of methoxy groups -OCH3 is 2. The SMILES string of the molecule is COc1ccc(/C=C(\NC(C)=O)C(=O)N2CCNC(=O)C2CC(=O)OCc2ccccc2)cc1OC. The zero-order chi connectivity index (χ0) is 26.1. The number of esters is 1. The summed E-state index contributed by atoms with van der Waals surface area (Å²) in [4.78, 5) is 51.8. The van der Waals surface area contributed by atoms with Crippen LogP contribution in [0, 0.1) is 0 Å². The number of amides is 3. The third kappa shape index (κ3) is 6.84. The molecule has 0 aliphatic carbocycles. The van der Waals surface area contributed by atoms with Crippen molar-refractivity contribution in [3.63, 3.8) is 0 Å². The average Bonchev–Trinajstić information content (AvgIpc) is 2.88. The molecule has 0 bridgehead atoms. The summed E-state index contributed by atoms with van der Waals surface area (Å²) in [7, 11) is 2.99. The summed E-state index contributed by atoms with van der Waals surface area (Å²) in [5, 5.41) is 5.21. The molecule has 36 heavy (non-hydrogen) atoms. The summed E-state index contributed by atoms with van der Waals surface area (Å²) in [6.45, 7) is 1.70. The molecule has 3 rings (SSSR count). The number of ether oxygens (including phenoxy) is 3. The highest BCUT2D eigenvalue weighted by atomic mass is 16.5. The van der Waals surface area contributed by atoms with Crippen LogP contribution in [0.25, 0.3) is 6.08 Å². The lowest BCUT2D eigenvalue weighted by atomic mass is 10.1. The molecule has 0 spiro atoms. The quantitative estimate of drug-likeness (QED) is 0.400. The number of hydrogen-bond acceptors (Lipinski definition) is 7. The van der Waals surface area contributed by atoms with Crippen molar-refractivity contribution in [2.75, 3.05) is 27.3 Å². The zero-order valence-electron chi connectivity index (χ0n) is 20.4. The minimum atomic E-state index is -1.09. The van der Waals surface area contributed by atoms with Crippen molar-refractivity contribution in [1.82, 2.24) is 15.5 Å². The highest BCUT2D eigenvalue weighted by Crippen LogP contribution is 2.28. The Kier molecular flexibility index (Phi) is 9.04. The van der Waals surface area contributed by atoms with Crippen LogP contribution in [-0.4, -0.2) is 61.9 Å². The second-order valence-corrected chi connectivity index (χ2v) is 8.01. The van der Waals surface area contributed by atoms with Gasteiger partial charge in [-0.2, -0.15) is 0 Å². The van der Waals surface area contributed by atoms with E-state index >= 15 is 0 Å². The fourth-order valence-corrected chi connectivity index (χ4v) is 3.72. The van der Waals surface area contributed by atoms with E-state index in [1.165, 1.54) is 32.1 Å². The minimum Gasteiger partial charge on any atom is -0.493 e. The summed E-state index contributed by atoms with van der Waals surface area (Å²) >= 11 is 0. The van der Waals surface area contributed by atoms with E-state index in [1.807, 2.05) is 30.3 Å². The molecule has 1 atom stereocenters. The summed E-state index contributed by atoms with van der Waals surface area (Å²) in [6.07, 6.45) is 1.15. The van der Waals surface area contributed by atoms with Gasteiger partial charge in [0.25, 0.3) is 5.91 Å². The monoisotopic (exact) mass is 495 g/mol. The first-order valence-electron chi connectivity index (χ1n) is 11.3. The van der Waals surface area contributed by atoms with Crippen molar-refractivity contribution in [3.05, 3.63) is 65.4 Å². The Morgan fingerprint density at radius 1 is 1.08 bits per heavy atom. The van der Waals surface area contributed by atoms with E-state index in [0.29, 0.717) is 17.1 Å². The Morgan fingerprint density at radius 3 is 2.47 bits per heavy atom. The smallest absolute Gasteiger partial charge is 0.308 e. The van der Waals surface area contributed by atoms with Crippen LogP contribution >= 0.6 is 0 Å². The van der Waals surface area contributed by atoms with Crippen LogP contribution in [-0.2, 0) is 30.5 Å². The van der Waals surface area contributed by atoms with Crippen LogP contribution in [0.1, 0.15) is 24.5 Å². The number of hydrogen-bond donors (Lipinski definition) is 2. The number of rotatable bonds is 9. The third-order valence-electron chi connectivity index (χ3n) is 5.45. The van der Waals surface area contributed by atoms with Crippen molar-refractivity contribution in [3.8, 4) is 11.5 Å². The molecule has 1 heterocycles. The van der Waals surface area contributed by atoms with Gasteiger partial charge >= 0.3 is 5.97 Å². The predicted octanol–water partition coefficient (Wildman–Crippen LogP) is 1.64. The van der Waals surface area contributed by atoms with Gasteiger partial charge in [0.05, 0.1) is 20.6 Å². The van der Waals surface area contributed by atoms with Crippen LogP contribution in [0.3, 0.4) is 0 Å². The summed E-state index contributed by atoms with van der Waals surface area (Å²) in [5.41, 5.74) is 1.31.